The Labute approximate surface area is 160 Å². The van der Waals surface area contributed by atoms with Gasteiger partial charge in [0.2, 0.25) is 0 Å². The largest absolute Gasteiger partial charge is 0.478 e. The normalized spacial score (nSPS) is 16.0. The lowest BCUT2D eigenvalue weighted by Crippen LogP contribution is -2.45. The fourth-order valence-corrected chi connectivity index (χ4v) is 3.47. The molecule has 0 N–H and O–H groups in total. The molecule has 0 radical (unpaired) electrons. The number of nitrogens with zero attached hydrogens (tertiary/aromatic N) is 1. The van der Waals surface area contributed by atoms with Gasteiger partial charge in [0.25, 0.3) is 5.91 Å². The number of aryl methyl sites for hydroxylation is 1. The van der Waals surface area contributed by atoms with Gasteiger partial charge in [0.15, 0.2) is 6.10 Å². The number of anilines is 1. The number of carbonyl (C=O) groups is 1. The van der Waals surface area contributed by atoms with Crippen molar-refractivity contribution < 1.29 is 9.53 Å². The van der Waals surface area contributed by atoms with Crippen LogP contribution in [0.2, 0.25) is 0 Å². The summed E-state index contributed by atoms with van der Waals surface area (Å²) in [5.74, 6) is 0.823. The lowest BCUT2D eigenvalue weighted by molar-refractivity contribution is -0.126. The predicted octanol–water partition coefficient (Wildman–Crippen LogP) is 5.37. The number of fused-ring (bicyclic) bond motifs is 1. The Morgan fingerprint density at radius 2 is 1.63 bits per heavy atom. The summed E-state index contributed by atoms with van der Waals surface area (Å²) in [6.45, 7) is 4.56. The van der Waals surface area contributed by atoms with Crippen LogP contribution in [0.1, 0.15) is 24.5 Å². The van der Waals surface area contributed by atoms with Gasteiger partial charge in [-0.3, -0.25) is 4.79 Å². The molecule has 0 aromatic heterocycles. The quantitative estimate of drug-likeness (QED) is 0.628. The molecular weight excluding hydrogens is 334 g/mol. The first-order valence-electron chi connectivity index (χ1n) is 9.39. The van der Waals surface area contributed by atoms with Crippen LogP contribution in [0.15, 0.2) is 72.8 Å². The maximum atomic E-state index is 12.9. The van der Waals surface area contributed by atoms with Gasteiger partial charge in [-0.25, -0.2) is 0 Å². The van der Waals surface area contributed by atoms with Crippen molar-refractivity contribution in [2.75, 3.05) is 4.90 Å². The van der Waals surface area contributed by atoms with Crippen LogP contribution in [-0.2, 0) is 11.3 Å². The van der Waals surface area contributed by atoms with E-state index in [1.807, 2.05) is 55.1 Å². The number of hydrogen-bond acceptors (Lipinski definition) is 2. The maximum Gasteiger partial charge on any atom is 0.268 e. The minimum atomic E-state index is -0.414. The van der Waals surface area contributed by atoms with Gasteiger partial charge in [0.05, 0.1) is 12.2 Å². The molecule has 0 aliphatic carbocycles. The third kappa shape index (κ3) is 3.45. The van der Waals surface area contributed by atoms with Crippen molar-refractivity contribution >= 4 is 11.6 Å². The second kappa shape index (κ2) is 7.28. The molecule has 4 rings (SSSR count). The van der Waals surface area contributed by atoms with Crippen LogP contribution in [0.3, 0.4) is 0 Å². The van der Waals surface area contributed by atoms with Crippen molar-refractivity contribution in [3.05, 3.63) is 83.9 Å². The van der Waals surface area contributed by atoms with Gasteiger partial charge in [-0.2, -0.15) is 0 Å². The van der Waals surface area contributed by atoms with E-state index in [2.05, 4.69) is 36.4 Å². The number of carbonyl (C=O) groups excluding carboxylic acids is 1. The summed E-state index contributed by atoms with van der Waals surface area (Å²) in [7, 11) is 0. The van der Waals surface area contributed by atoms with Crippen LogP contribution in [0, 0.1) is 6.92 Å². The van der Waals surface area contributed by atoms with E-state index in [0.717, 1.165) is 22.6 Å². The molecule has 1 atom stereocenters. The minimum absolute atomic E-state index is 0.0287. The molecule has 0 saturated heterocycles. The lowest BCUT2D eigenvalue weighted by atomic mass is 10.0. The summed E-state index contributed by atoms with van der Waals surface area (Å²) in [4.78, 5) is 14.7. The standard InChI is InChI=1S/C24H23NO2/c1-3-22-24(26)25(21-14-9-17(2)15-23(21)27-22)16-18-10-12-20(13-11-18)19-7-5-4-6-8-19/h4-15,22H,3,16H2,1-2H3. The molecule has 3 heteroatoms. The maximum absolute atomic E-state index is 12.9. The van der Waals surface area contributed by atoms with Crippen LogP contribution in [0.4, 0.5) is 5.69 Å². The van der Waals surface area contributed by atoms with E-state index in [-0.39, 0.29) is 5.91 Å². The van der Waals surface area contributed by atoms with Crippen LogP contribution < -0.4 is 9.64 Å². The third-order valence-corrected chi connectivity index (χ3v) is 4.99. The molecule has 3 nitrogen and oxygen atoms in total. The first kappa shape index (κ1) is 17.3. The van der Waals surface area contributed by atoms with E-state index in [4.69, 9.17) is 4.74 Å². The van der Waals surface area contributed by atoms with Gasteiger partial charge in [-0.15, -0.1) is 0 Å². The Bertz CT molecular complexity index is 948. The highest BCUT2D eigenvalue weighted by Gasteiger charge is 2.33. The van der Waals surface area contributed by atoms with Crippen LogP contribution in [0.25, 0.3) is 11.1 Å². The number of hydrogen-bond donors (Lipinski definition) is 0. The van der Waals surface area contributed by atoms with E-state index in [0.29, 0.717) is 13.0 Å². The molecule has 1 aliphatic heterocycles. The zero-order valence-electron chi connectivity index (χ0n) is 15.7. The second-order valence-electron chi connectivity index (χ2n) is 6.97. The molecule has 3 aromatic rings. The molecular formula is C24H23NO2. The number of ether oxygens (including phenoxy) is 1. The van der Waals surface area contributed by atoms with Crippen LogP contribution in [0.5, 0.6) is 5.75 Å². The molecule has 1 heterocycles. The van der Waals surface area contributed by atoms with Gasteiger partial charge >= 0.3 is 0 Å². The van der Waals surface area contributed by atoms with Crippen molar-refractivity contribution in [3.8, 4) is 16.9 Å². The van der Waals surface area contributed by atoms with E-state index in [1.165, 1.54) is 11.1 Å². The van der Waals surface area contributed by atoms with E-state index in [1.54, 1.807) is 0 Å². The van der Waals surface area contributed by atoms with Crippen molar-refractivity contribution in [3.63, 3.8) is 0 Å². The highest BCUT2D eigenvalue weighted by atomic mass is 16.5. The van der Waals surface area contributed by atoms with Gasteiger partial charge < -0.3 is 9.64 Å². The Morgan fingerprint density at radius 1 is 0.926 bits per heavy atom. The molecule has 136 valence electrons. The molecule has 1 aliphatic rings. The average Bonchev–Trinajstić information content (AvgIpc) is 2.71. The predicted molar refractivity (Wildman–Crippen MR) is 109 cm³/mol. The first-order valence-corrected chi connectivity index (χ1v) is 9.39. The van der Waals surface area contributed by atoms with Crippen molar-refractivity contribution in [1.82, 2.24) is 0 Å². The minimum Gasteiger partial charge on any atom is -0.478 e. The number of rotatable bonds is 4. The van der Waals surface area contributed by atoms with E-state index in [9.17, 15) is 4.79 Å². The molecule has 0 saturated carbocycles. The molecule has 0 fully saturated rings. The summed E-state index contributed by atoms with van der Waals surface area (Å²) >= 11 is 0. The topological polar surface area (TPSA) is 29.5 Å². The first-order chi connectivity index (χ1) is 13.2. The zero-order chi connectivity index (χ0) is 18.8. The lowest BCUT2D eigenvalue weighted by Gasteiger charge is -2.34. The average molecular weight is 357 g/mol. The summed E-state index contributed by atoms with van der Waals surface area (Å²) in [6.07, 6.45) is 0.248. The summed E-state index contributed by atoms with van der Waals surface area (Å²) < 4.78 is 5.93. The van der Waals surface area contributed by atoms with Crippen LogP contribution in [-0.4, -0.2) is 12.0 Å². The molecule has 1 unspecified atom stereocenters. The van der Waals surface area contributed by atoms with Crippen molar-refractivity contribution in [2.24, 2.45) is 0 Å². The second-order valence-corrected chi connectivity index (χ2v) is 6.97. The van der Waals surface area contributed by atoms with Crippen molar-refractivity contribution in [1.29, 1.82) is 0 Å². The Kier molecular flexibility index (Phi) is 4.68. The van der Waals surface area contributed by atoms with E-state index < -0.39 is 6.10 Å². The van der Waals surface area contributed by atoms with Gasteiger partial charge in [0.1, 0.15) is 5.75 Å². The molecule has 27 heavy (non-hydrogen) atoms. The smallest absolute Gasteiger partial charge is 0.268 e. The summed E-state index contributed by atoms with van der Waals surface area (Å²) in [5.41, 5.74) is 5.45. The van der Waals surface area contributed by atoms with Crippen LogP contribution >= 0.6 is 0 Å². The highest BCUT2D eigenvalue weighted by Crippen LogP contribution is 2.36. The summed E-state index contributed by atoms with van der Waals surface area (Å²) in [6, 6.07) is 24.7. The Morgan fingerprint density at radius 3 is 2.33 bits per heavy atom. The van der Waals surface area contributed by atoms with Crippen molar-refractivity contribution in [2.45, 2.75) is 32.9 Å². The van der Waals surface area contributed by atoms with Gasteiger partial charge in [-0.05, 0) is 47.7 Å². The number of amides is 1. The molecule has 0 spiro atoms. The highest BCUT2D eigenvalue weighted by molar-refractivity contribution is 6.00. The fraction of sp³-hybridized carbons (Fsp3) is 0.208. The van der Waals surface area contributed by atoms with Gasteiger partial charge in [0, 0.05) is 0 Å². The summed E-state index contributed by atoms with van der Waals surface area (Å²) in [5, 5.41) is 0. The van der Waals surface area contributed by atoms with Gasteiger partial charge in [-0.1, -0.05) is 67.6 Å². The SMILES string of the molecule is CCC1Oc2cc(C)ccc2N(Cc2ccc(-c3ccccc3)cc2)C1=O. The monoisotopic (exact) mass is 357 g/mol. The number of benzene rings is 3. The van der Waals surface area contributed by atoms with E-state index >= 15 is 0 Å². The molecule has 0 bridgehead atoms. The molecule has 1 amide bonds. The Balaban J connectivity index is 1.62. The zero-order valence-corrected chi connectivity index (χ0v) is 15.7. The fourth-order valence-electron chi connectivity index (χ4n) is 3.47. The molecule has 3 aromatic carbocycles. The Hall–Kier alpha value is -3.07. The third-order valence-electron chi connectivity index (χ3n) is 4.99.